The summed E-state index contributed by atoms with van der Waals surface area (Å²) in [7, 11) is 0. The van der Waals surface area contributed by atoms with Crippen molar-refractivity contribution in [3.63, 3.8) is 0 Å². The topological polar surface area (TPSA) is 48.3 Å². The molecule has 1 aromatic rings. The molecule has 0 aromatic heterocycles. The van der Waals surface area contributed by atoms with Crippen LogP contribution in [0.15, 0.2) is 24.3 Å². The number of nitrogens with zero attached hydrogens (tertiary/aromatic N) is 2. The molecule has 2 aliphatic heterocycles. The molecule has 4 nitrogen and oxygen atoms in total. The van der Waals surface area contributed by atoms with Crippen LogP contribution < -0.4 is 5.32 Å². The van der Waals surface area contributed by atoms with Crippen LogP contribution in [0.5, 0.6) is 0 Å². The molecule has 0 spiro atoms. The summed E-state index contributed by atoms with van der Waals surface area (Å²) in [6.07, 6.45) is 0.659. The van der Waals surface area contributed by atoms with Crippen molar-refractivity contribution in [1.29, 1.82) is 5.26 Å². The second-order valence-electron chi connectivity index (χ2n) is 5.04. The Morgan fingerprint density at radius 2 is 1.89 bits per heavy atom. The fourth-order valence-corrected chi connectivity index (χ4v) is 2.71. The van der Waals surface area contributed by atoms with Gasteiger partial charge in [-0.2, -0.15) is 5.26 Å². The van der Waals surface area contributed by atoms with Gasteiger partial charge in [-0.3, -0.25) is 4.90 Å². The van der Waals surface area contributed by atoms with Crippen LogP contribution in [0.1, 0.15) is 11.1 Å². The van der Waals surface area contributed by atoms with Crippen molar-refractivity contribution < 1.29 is 4.74 Å². The van der Waals surface area contributed by atoms with Crippen molar-refractivity contribution in [1.82, 2.24) is 10.2 Å². The summed E-state index contributed by atoms with van der Waals surface area (Å²) in [6, 6.07) is 10.0. The largest absolute Gasteiger partial charge is 0.370 e. The van der Waals surface area contributed by atoms with E-state index in [1.165, 1.54) is 5.56 Å². The highest BCUT2D eigenvalue weighted by atomic mass is 16.5. The summed E-state index contributed by atoms with van der Waals surface area (Å²) in [5.74, 6) is 0. The van der Waals surface area contributed by atoms with E-state index >= 15 is 0 Å². The van der Waals surface area contributed by atoms with Crippen LogP contribution >= 0.6 is 0 Å². The molecule has 18 heavy (non-hydrogen) atoms. The maximum absolute atomic E-state index is 8.77. The van der Waals surface area contributed by atoms with Crippen LogP contribution in [0.3, 0.4) is 0 Å². The fraction of sp³-hybridized carbons (Fsp3) is 0.500. The number of hydrogen-bond acceptors (Lipinski definition) is 4. The van der Waals surface area contributed by atoms with Gasteiger partial charge in [-0.1, -0.05) is 12.1 Å². The van der Waals surface area contributed by atoms with Gasteiger partial charge in [-0.15, -0.1) is 0 Å². The zero-order chi connectivity index (χ0) is 12.4. The van der Waals surface area contributed by atoms with E-state index in [0.717, 1.165) is 38.3 Å². The van der Waals surface area contributed by atoms with E-state index in [1.807, 2.05) is 24.3 Å². The van der Waals surface area contributed by atoms with Crippen LogP contribution in [0.4, 0.5) is 0 Å². The molecule has 0 radical (unpaired) electrons. The number of rotatable bonds is 2. The monoisotopic (exact) mass is 243 g/mol. The first kappa shape index (κ1) is 11.7. The van der Waals surface area contributed by atoms with E-state index in [0.29, 0.717) is 12.2 Å². The summed E-state index contributed by atoms with van der Waals surface area (Å²) < 4.78 is 5.88. The highest BCUT2D eigenvalue weighted by Crippen LogP contribution is 2.17. The molecule has 2 atom stereocenters. The first-order chi connectivity index (χ1) is 8.83. The highest BCUT2D eigenvalue weighted by molar-refractivity contribution is 5.31. The van der Waals surface area contributed by atoms with Gasteiger partial charge in [0.25, 0.3) is 0 Å². The predicted molar refractivity (Wildman–Crippen MR) is 68.0 cm³/mol. The summed E-state index contributed by atoms with van der Waals surface area (Å²) in [5, 5.41) is 12.2. The zero-order valence-corrected chi connectivity index (χ0v) is 10.3. The molecule has 2 heterocycles. The maximum Gasteiger partial charge on any atom is 0.0991 e. The van der Waals surface area contributed by atoms with Crippen molar-refractivity contribution in [3.05, 3.63) is 35.4 Å². The first-order valence-electron chi connectivity index (χ1n) is 6.41. The Morgan fingerprint density at radius 3 is 2.50 bits per heavy atom. The Balaban J connectivity index is 1.63. The minimum atomic E-state index is 0.330. The Labute approximate surface area is 107 Å². The molecule has 2 saturated heterocycles. The van der Waals surface area contributed by atoms with Crippen LogP contribution in [-0.2, 0) is 11.3 Å². The molecule has 2 aliphatic rings. The van der Waals surface area contributed by atoms with Crippen molar-refractivity contribution in [3.8, 4) is 6.07 Å². The molecule has 2 bridgehead atoms. The summed E-state index contributed by atoms with van der Waals surface area (Å²) in [4.78, 5) is 2.45. The third-order valence-corrected chi connectivity index (χ3v) is 3.54. The van der Waals surface area contributed by atoms with E-state index in [-0.39, 0.29) is 0 Å². The Bertz CT molecular complexity index is 439. The van der Waals surface area contributed by atoms with Crippen LogP contribution in [0.2, 0.25) is 0 Å². The van der Waals surface area contributed by atoms with Crippen molar-refractivity contribution in [2.24, 2.45) is 0 Å². The molecule has 0 amide bonds. The summed E-state index contributed by atoms with van der Waals surface area (Å²) in [5.41, 5.74) is 1.99. The van der Waals surface area contributed by atoms with Crippen molar-refractivity contribution in [2.75, 3.05) is 26.2 Å². The standard InChI is InChI=1S/C14H17N3O/c15-5-11-1-3-12(4-2-11)8-17-9-13-6-16-7-14(10-17)18-13/h1-4,13-14,16H,6-10H2. The van der Waals surface area contributed by atoms with Gasteiger partial charge in [0, 0.05) is 32.7 Å². The minimum absolute atomic E-state index is 0.330. The number of nitrogens with one attached hydrogen (secondary N) is 1. The van der Waals surface area contributed by atoms with Gasteiger partial charge in [-0.05, 0) is 17.7 Å². The Hall–Kier alpha value is -1.41. The lowest BCUT2D eigenvalue weighted by atomic mass is 10.1. The lowest BCUT2D eigenvalue weighted by Crippen LogP contribution is -2.57. The number of ether oxygens (including phenoxy) is 1. The normalized spacial score (nSPS) is 27.7. The Morgan fingerprint density at radius 1 is 1.22 bits per heavy atom. The fourth-order valence-electron chi connectivity index (χ4n) is 2.71. The van der Waals surface area contributed by atoms with E-state index in [9.17, 15) is 0 Å². The number of benzene rings is 1. The number of nitriles is 1. The van der Waals surface area contributed by atoms with Gasteiger partial charge in [0.1, 0.15) is 0 Å². The molecule has 94 valence electrons. The van der Waals surface area contributed by atoms with Gasteiger partial charge < -0.3 is 10.1 Å². The third kappa shape index (κ3) is 2.54. The van der Waals surface area contributed by atoms with Gasteiger partial charge in [0.05, 0.1) is 23.8 Å². The van der Waals surface area contributed by atoms with Crippen LogP contribution in [-0.4, -0.2) is 43.3 Å². The van der Waals surface area contributed by atoms with Crippen molar-refractivity contribution in [2.45, 2.75) is 18.8 Å². The van der Waals surface area contributed by atoms with Crippen LogP contribution in [0, 0.1) is 11.3 Å². The molecular weight excluding hydrogens is 226 g/mol. The van der Waals surface area contributed by atoms with Crippen LogP contribution in [0.25, 0.3) is 0 Å². The average Bonchev–Trinajstić information content (AvgIpc) is 2.39. The van der Waals surface area contributed by atoms with E-state index in [4.69, 9.17) is 10.00 Å². The number of fused-ring (bicyclic) bond motifs is 2. The SMILES string of the molecule is N#Cc1ccc(CN2CC3CNCC(C2)O3)cc1. The summed E-state index contributed by atoms with van der Waals surface area (Å²) in [6.45, 7) is 4.84. The first-order valence-corrected chi connectivity index (χ1v) is 6.41. The van der Waals surface area contributed by atoms with E-state index in [1.54, 1.807) is 0 Å². The second-order valence-corrected chi connectivity index (χ2v) is 5.04. The average molecular weight is 243 g/mol. The lowest BCUT2D eigenvalue weighted by molar-refractivity contribution is -0.105. The number of morpholine rings is 2. The molecular formula is C14H17N3O. The molecule has 2 fully saturated rings. The molecule has 1 aromatic carbocycles. The zero-order valence-electron chi connectivity index (χ0n) is 10.3. The lowest BCUT2D eigenvalue weighted by Gasteiger charge is -2.41. The minimum Gasteiger partial charge on any atom is -0.370 e. The quantitative estimate of drug-likeness (QED) is 0.832. The predicted octanol–water partition coefficient (Wildman–Crippen LogP) is 0.731. The van der Waals surface area contributed by atoms with Gasteiger partial charge in [0.2, 0.25) is 0 Å². The molecule has 0 saturated carbocycles. The Kier molecular flexibility index (Phi) is 3.28. The molecule has 1 N–H and O–H groups in total. The second kappa shape index (κ2) is 5.07. The maximum atomic E-state index is 8.77. The van der Waals surface area contributed by atoms with E-state index in [2.05, 4.69) is 16.3 Å². The summed E-state index contributed by atoms with van der Waals surface area (Å²) >= 11 is 0. The number of hydrogen-bond donors (Lipinski definition) is 1. The smallest absolute Gasteiger partial charge is 0.0991 e. The highest BCUT2D eigenvalue weighted by Gasteiger charge is 2.30. The van der Waals surface area contributed by atoms with Crippen molar-refractivity contribution >= 4 is 0 Å². The molecule has 0 aliphatic carbocycles. The molecule has 4 heteroatoms. The van der Waals surface area contributed by atoms with Gasteiger partial charge in [0.15, 0.2) is 0 Å². The van der Waals surface area contributed by atoms with E-state index < -0.39 is 0 Å². The molecule has 3 rings (SSSR count). The van der Waals surface area contributed by atoms with Gasteiger partial charge in [-0.25, -0.2) is 0 Å². The third-order valence-electron chi connectivity index (χ3n) is 3.54. The van der Waals surface area contributed by atoms with Gasteiger partial charge >= 0.3 is 0 Å². The molecule has 2 unspecified atom stereocenters.